The highest BCUT2D eigenvalue weighted by atomic mass is 79.9. The summed E-state index contributed by atoms with van der Waals surface area (Å²) in [6.07, 6.45) is 13.7. The first-order valence-corrected chi connectivity index (χ1v) is 16.2. The number of allylic oxidation sites excluding steroid dienone is 3. The third kappa shape index (κ3) is 6.69. The van der Waals surface area contributed by atoms with E-state index in [4.69, 9.17) is 6.57 Å². The molecule has 2 aromatic heterocycles. The van der Waals surface area contributed by atoms with Crippen LogP contribution < -0.4 is 0 Å². The van der Waals surface area contributed by atoms with Crippen molar-refractivity contribution in [3.63, 3.8) is 0 Å². The number of nitriles is 1. The van der Waals surface area contributed by atoms with E-state index in [1.807, 2.05) is 30.3 Å². The van der Waals surface area contributed by atoms with Crippen molar-refractivity contribution in [3.05, 3.63) is 90.0 Å². The number of aryl methyl sites for hydroxylation is 2. The molecule has 200 valence electrons. The third-order valence-corrected chi connectivity index (χ3v) is 10.4. The average Bonchev–Trinajstić information content (AvgIpc) is 3.60. The molecular formula is C33H33BrN2OS2. The van der Waals surface area contributed by atoms with Crippen molar-refractivity contribution in [3.8, 4) is 15.8 Å². The van der Waals surface area contributed by atoms with Gasteiger partial charge in [0.05, 0.1) is 16.4 Å². The summed E-state index contributed by atoms with van der Waals surface area (Å²) >= 11 is 7.33. The van der Waals surface area contributed by atoms with E-state index >= 15 is 0 Å². The molecular weight excluding hydrogens is 584 g/mol. The molecule has 0 spiro atoms. The smallest absolute Gasteiger partial charge is 0.270 e. The van der Waals surface area contributed by atoms with Crippen molar-refractivity contribution in [2.45, 2.75) is 78.1 Å². The topological polar surface area (TPSA) is 45.2 Å². The number of thiophene rings is 2. The molecule has 1 aliphatic carbocycles. The van der Waals surface area contributed by atoms with E-state index in [0.717, 1.165) is 24.1 Å². The first-order chi connectivity index (χ1) is 19.0. The molecule has 2 heterocycles. The molecule has 0 saturated carbocycles. The molecule has 0 bridgehead atoms. The van der Waals surface area contributed by atoms with Gasteiger partial charge in [-0.3, -0.25) is 4.79 Å². The Morgan fingerprint density at radius 1 is 0.974 bits per heavy atom. The zero-order valence-corrected chi connectivity index (χ0v) is 25.8. The summed E-state index contributed by atoms with van der Waals surface area (Å²) in [6.45, 7) is 12.0. The Bertz CT molecular complexity index is 1480. The van der Waals surface area contributed by atoms with Crippen molar-refractivity contribution in [1.82, 2.24) is 0 Å². The lowest BCUT2D eigenvalue weighted by Crippen LogP contribution is -1.95. The summed E-state index contributed by atoms with van der Waals surface area (Å²) in [5, 5.41) is 9.68. The molecule has 39 heavy (non-hydrogen) atoms. The lowest BCUT2D eigenvalue weighted by molar-refractivity contribution is 0.104. The maximum atomic E-state index is 13.4. The summed E-state index contributed by atoms with van der Waals surface area (Å²) in [5.41, 5.74) is 4.78. The van der Waals surface area contributed by atoms with Gasteiger partial charge >= 0.3 is 0 Å². The second-order valence-corrected chi connectivity index (χ2v) is 13.4. The first-order valence-electron chi connectivity index (χ1n) is 13.8. The lowest BCUT2D eigenvalue weighted by Gasteiger charge is -2.02. The zero-order chi connectivity index (χ0) is 27.8. The number of fused-ring (bicyclic) bond motifs is 1. The van der Waals surface area contributed by atoms with E-state index in [1.54, 1.807) is 28.7 Å². The average molecular weight is 618 g/mol. The van der Waals surface area contributed by atoms with Gasteiger partial charge in [-0.05, 0) is 76.5 Å². The molecule has 3 nitrogen and oxygen atoms in total. The van der Waals surface area contributed by atoms with Crippen LogP contribution in [0.2, 0.25) is 0 Å². The van der Waals surface area contributed by atoms with E-state index in [9.17, 15) is 10.1 Å². The van der Waals surface area contributed by atoms with Crippen molar-refractivity contribution in [1.29, 1.82) is 5.26 Å². The minimum absolute atomic E-state index is 0.0361. The number of rotatable bonds is 12. The second kappa shape index (κ2) is 14.0. The standard InChI is InChI=1S/C33H33BrN2OS2/c1-4-6-8-10-14-22-18-24(38-32(22)29-19-23(33(34)39-29)15-11-9-7-5-2)20-27-30(28(21-35)36-3)25-16-12-13-17-26(25)31(27)37/h12-13,16-20H,4-11,14-15H2,1-2H3/b27-20-,30-28-. The number of carbonyl (C=O) groups excluding carboxylic acids is 1. The van der Waals surface area contributed by atoms with Gasteiger partial charge in [0.15, 0.2) is 5.78 Å². The molecule has 4 rings (SSSR count). The van der Waals surface area contributed by atoms with Gasteiger partial charge in [0.25, 0.3) is 5.70 Å². The first kappa shape index (κ1) is 29.2. The Labute approximate surface area is 248 Å². The lowest BCUT2D eigenvalue weighted by atomic mass is 10.0. The molecule has 0 atom stereocenters. The predicted octanol–water partition coefficient (Wildman–Crippen LogP) is 10.9. The van der Waals surface area contributed by atoms with E-state index in [2.05, 4.69) is 46.8 Å². The minimum Gasteiger partial charge on any atom is -0.289 e. The number of hydrogen-bond acceptors (Lipinski definition) is 4. The van der Waals surface area contributed by atoms with E-state index in [0.29, 0.717) is 22.3 Å². The van der Waals surface area contributed by atoms with Crippen LogP contribution in [-0.4, -0.2) is 5.78 Å². The van der Waals surface area contributed by atoms with Gasteiger partial charge in [-0.2, -0.15) is 0 Å². The van der Waals surface area contributed by atoms with Gasteiger partial charge in [-0.15, -0.1) is 22.7 Å². The van der Waals surface area contributed by atoms with Crippen LogP contribution in [0.4, 0.5) is 0 Å². The number of ketones is 1. The van der Waals surface area contributed by atoms with Crippen molar-refractivity contribution in [2.24, 2.45) is 0 Å². The van der Waals surface area contributed by atoms with E-state index in [1.165, 1.54) is 69.6 Å². The van der Waals surface area contributed by atoms with Gasteiger partial charge in [0.1, 0.15) is 0 Å². The molecule has 0 N–H and O–H groups in total. The number of carbonyl (C=O) groups is 1. The van der Waals surface area contributed by atoms with Crippen LogP contribution in [0.1, 0.15) is 97.1 Å². The Balaban J connectivity index is 1.74. The van der Waals surface area contributed by atoms with Gasteiger partial charge in [0, 0.05) is 31.3 Å². The fraction of sp³-hybridized carbons (Fsp3) is 0.364. The molecule has 0 saturated heterocycles. The van der Waals surface area contributed by atoms with Crippen molar-refractivity contribution >= 4 is 56.0 Å². The van der Waals surface area contributed by atoms with Crippen LogP contribution in [0.5, 0.6) is 0 Å². The summed E-state index contributed by atoms with van der Waals surface area (Å²) in [4.78, 5) is 20.4. The highest BCUT2D eigenvalue weighted by Gasteiger charge is 2.32. The maximum Gasteiger partial charge on any atom is 0.270 e. The van der Waals surface area contributed by atoms with Crippen LogP contribution in [-0.2, 0) is 12.8 Å². The van der Waals surface area contributed by atoms with Crippen molar-refractivity contribution < 1.29 is 4.79 Å². The molecule has 0 aliphatic heterocycles. The van der Waals surface area contributed by atoms with Crippen LogP contribution in [0.15, 0.2) is 51.5 Å². The number of halogens is 1. The zero-order valence-electron chi connectivity index (χ0n) is 22.6. The fourth-order valence-electron chi connectivity index (χ4n) is 5.06. The summed E-state index contributed by atoms with van der Waals surface area (Å²) in [5.74, 6) is -0.121. The largest absolute Gasteiger partial charge is 0.289 e. The molecule has 3 aromatic rings. The Hall–Kier alpha value is -2.77. The van der Waals surface area contributed by atoms with Crippen LogP contribution in [0.25, 0.3) is 26.2 Å². The van der Waals surface area contributed by atoms with Gasteiger partial charge in [0.2, 0.25) is 0 Å². The van der Waals surface area contributed by atoms with Crippen molar-refractivity contribution in [2.75, 3.05) is 0 Å². The van der Waals surface area contributed by atoms with Crippen LogP contribution in [0, 0.1) is 17.9 Å². The summed E-state index contributed by atoms with van der Waals surface area (Å²) < 4.78 is 1.21. The number of Topliss-reactive ketones (excluding diaryl/α,β-unsaturated/α-hetero) is 1. The number of unbranched alkanes of at least 4 members (excludes halogenated alkanes) is 6. The van der Waals surface area contributed by atoms with Gasteiger partial charge in [-0.1, -0.05) is 76.6 Å². The fourth-order valence-corrected chi connectivity index (χ4v) is 8.12. The van der Waals surface area contributed by atoms with Gasteiger partial charge in [-0.25, -0.2) is 10.1 Å². The van der Waals surface area contributed by atoms with E-state index in [-0.39, 0.29) is 11.5 Å². The third-order valence-electron chi connectivity index (χ3n) is 7.10. The predicted molar refractivity (Wildman–Crippen MR) is 169 cm³/mol. The Morgan fingerprint density at radius 2 is 1.64 bits per heavy atom. The molecule has 1 aliphatic rings. The summed E-state index contributed by atoms with van der Waals surface area (Å²) in [6, 6.07) is 13.9. The molecule has 1 aromatic carbocycles. The minimum atomic E-state index is -0.121. The van der Waals surface area contributed by atoms with Crippen LogP contribution in [0.3, 0.4) is 0 Å². The monoisotopic (exact) mass is 616 g/mol. The highest BCUT2D eigenvalue weighted by Crippen LogP contribution is 2.45. The Kier molecular flexibility index (Phi) is 10.5. The molecule has 0 fully saturated rings. The molecule has 0 unspecified atom stereocenters. The highest BCUT2D eigenvalue weighted by molar-refractivity contribution is 9.11. The number of nitrogens with zero attached hydrogens (tertiary/aromatic N) is 2. The molecule has 0 radical (unpaired) electrons. The maximum absolute atomic E-state index is 13.4. The summed E-state index contributed by atoms with van der Waals surface area (Å²) in [7, 11) is 0. The Morgan fingerprint density at radius 3 is 2.28 bits per heavy atom. The number of hydrogen-bond donors (Lipinski definition) is 0. The molecule has 0 amide bonds. The molecule has 6 heteroatoms. The number of benzene rings is 1. The van der Waals surface area contributed by atoms with Gasteiger partial charge < -0.3 is 0 Å². The second-order valence-electron chi connectivity index (χ2n) is 9.91. The normalized spacial score (nSPS) is 14.9. The quantitative estimate of drug-likeness (QED) is 0.0878. The SMILES string of the molecule is [C-]#[N+]/C(C#N)=C1\C(=C\c2cc(CCCCCC)c(-c3cc(CCCCCC)c(Br)s3)s2)C(=O)c2ccccc21. The van der Waals surface area contributed by atoms with Crippen LogP contribution >= 0.6 is 38.6 Å². The van der Waals surface area contributed by atoms with E-state index < -0.39 is 0 Å².